The van der Waals surface area contributed by atoms with Crippen molar-refractivity contribution in [2.24, 2.45) is 0 Å². The lowest BCUT2D eigenvalue weighted by atomic mass is 10.3. The summed E-state index contributed by atoms with van der Waals surface area (Å²) in [5.41, 5.74) is 6.09. The molecule has 0 heterocycles. The van der Waals surface area contributed by atoms with Gasteiger partial charge in [0, 0.05) is 9.50 Å². The van der Waals surface area contributed by atoms with Crippen molar-refractivity contribution >= 4 is 60.5 Å². The third-order valence-electron chi connectivity index (χ3n) is 2.44. The number of rotatable bonds is 3. The number of sulfonamides is 1. The number of nitrogen functional groups attached to an aromatic ring is 1. The van der Waals surface area contributed by atoms with Crippen molar-refractivity contribution in [3.05, 3.63) is 50.9 Å². The minimum Gasteiger partial charge on any atom is -0.398 e. The SMILES string of the molecule is Nc1cc(Br)ccc1S(=O)(=O)Nc1ccc(Cl)cc1Cl. The first-order valence-corrected chi connectivity index (χ1v) is 8.36. The fraction of sp³-hybridized carbons (Fsp3) is 0. The zero-order chi connectivity index (χ0) is 14.9. The van der Waals surface area contributed by atoms with Gasteiger partial charge in [0.25, 0.3) is 10.0 Å². The van der Waals surface area contributed by atoms with E-state index in [4.69, 9.17) is 28.9 Å². The van der Waals surface area contributed by atoms with Crippen LogP contribution in [0.4, 0.5) is 11.4 Å². The zero-order valence-electron chi connectivity index (χ0n) is 9.90. The summed E-state index contributed by atoms with van der Waals surface area (Å²) in [4.78, 5) is -0.0216. The molecule has 0 amide bonds. The molecule has 2 aromatic rings. The van der Waals surface area contributed by atoms with Crippen LogP contribution in [0.2, 0.25) is 10.0 Å². The molecule has 2 rings (SSSR count). The number of hydrogen-bond acceptors (Lipinski definition) is 3. The van der Waals surface area contributed by atoms with Gasteiger partial charge in [-0.2, -0.15) is 0 Å². The Labute approximate surface area is 135 Å². The monoisotopic (exact) mass is 394 g/mol. The van der Waals surface area contributed by atoms with Crippen molar-refractivity contribution in [2.45, 2.75) is 4.90 Å². The van der Waals surface area contributed by atoms with Crippen molar-refractivity contribution in [2.75, 3.05) is 10.5 Å². The lowest BCUT2D eigenvalue weighted by Crippen LogP contribution is -2.15. The minimum atomic E-state index is -3.82. The molecular weight excluding hydrogens is 387 g/mol. The Morgan fingerprint density at radius 2 is 1.80 bits per heavy atom. The summed E-state index contributed by atoms with van der Waals surface area (Å²) in [6, 6.07) is 8.98. The summed E-state index contributed by atoms with van der Waals surface area (Å²) >= 11 is 14.9. The largest absolute Gasteiger partial charge is 0.398 e. The highest BCUT2D eigenvalue weighted by Gasteiger charge is 2.19. The summed E-state index contributed by atoms with van der Waals surface area (Å²) in [5, 5.41) is 0.623. The van der Waals surface area contributed by atoms with Gasteiger partial charge in [-0.05, 0) is 36.4 Å². The maximum atomic E-state index is 12.3. The molecule has 0 bridgehead atoms. The van der Waals surface area contributed by atoms with Crippen LogP contribution >= 0.6 is 39.1 Å². The molecule has 4 nitrogen and oxygen atoms in total. The minimum absolute atomic E-state index is 0.0216. The highest BCUT2D eigenvalue weighted by Crippen LogP contribution is 2.29. The zero-order valence-corrected chi connectivity index (χ0v) is 13.8. The van der Waals surface area contributed by atoms with Crippen molar-refractivity contribution in [3.8, 4) is 0 Å². The van der Waals surface area contributed by atoms with Crippen LogP contribution in [0, 0.1) is 0 Å². The second kappa shape index (κ2) is 5.81. The Morgan fingerprint density at radius 1 is 1.10 bits per heavy atom. The smallest absolute Gasteiger partial charge is 0.263 e. The first-order valence-electron chi connectivity index (χ1n) is 5.32. The molecule has 0 fully saturated rings. The van der Waals surface area contributed by atoms with Gasteiger partial charge >= 0.3 is 0 Å². The van der Waals surface area contributed by atoms with Crippen LogP contribution in [0.1, 0.15) is 0 Å². The molecule has 2 aromatic carbocycles. The van der Waals surface area contributed by atoms with E-state index in [-0.39, 0.29) is 21.3 Å². The average Bonchev–Trinajstić information content (AvgIpc) is 2.32. The van der Waals surface area contributed by atoms with Crippen LogP contribution in [0.25, 0.3) is 0 Å². The molecule has 0 aliphatic carbocycles. The van der Waals surface area contributed by atoms with Gasteiger partial charge in [0.2, 0.25) is 0 Å². The second-order valence-electron chi connectivity index (χ2n) is 3.91. The van der Waals surface area contributed by atoms with Crippen LogP contribution in [-0.2, 0) is 10.0 Å². The first-order chi connectivity index (χ1) is 9.29. The molecule has 8 heteroatoms. The molecule has 0 unspecified atom stereocenters. The Kier molecular flexibility index (Phi) is 4.49. The van der Waals surface area contributed by atoms with E-state index in [1.54, 1.807) is 6.07 Å². The van der Waals surface area contributed by atoms with E-state index >= 15 is 0 Å². The molecule has 0 aliphatic rings. The molecular formula is C12H9BrCl2N2O2S. The predicted molar refractivity (Wildman–Crippen MR) is 85.8 cm³/mol. The molecule has 0 aromatic heterocycles. The number of halogens is 3. The van der Waals surface area contributed by atoms with Gasteiger partial charge < -0.3 is 5.73 Å². The lowest BCUT2D eigenvalue weighted by Gasteiger charge is -2.11. The predicted octanol–water partition coefficient (Wildman–Crippen LogP) is 4.14. The number of anilines is 2. The highest BCUT2D eigenvalue weighted by molar-refractivity contribution is 9.10. The van der Waals surface area contributed by atoms with Gasteiger partial charge in [-0.3, -0.25) is 4.72 Å². The Bertz CT molecular complexity index is 766. The van der Waals surface area contributed by atoms with Crippen LogP contribution in [-0.4, -0.2) is 8.42 Å². The molecule has 106 valence electrons. The third-order valence-corrected chi connectivity index (χ3v) is 4.92. The number of nitrogens with one attached hydrogen (secondary N) is 1. The summed E-state index contributed by atoms with van der Waals surface area (Å²) in [6.45, 7) is 0. The summed E-state index contributed by atoms with van der Waals surface area (Å²) in [5.74, 6) is 0. The van der Waals surface area contributed by atoms with E-state index in [0.717, 1.165) is 0 Å². The molecule has 0 atom stereocenters. The fourth-order valence-electron chi connectivity index (χ4n) is 1.54. The Balaban J connectivity index is 2.41. The van der Waals surface area contributed by atoms with E-state index in [2.05, 4.69) is 20.7 Å². The average molecular weight is 396 g/mol. The standard InChI is InChI=1S/C12H9BrCl2N2O2S/c13-7-1-4-12(10(16)5-7)20(18,19)17-11-3-2-8(14)6-9(11)15/h1-6,17H,16H2. The lowest BCUT2D eigenvalue weighted by molar-refractivity contribution is 0.601. The van der Waals surface area contributed by atoms with Gasteiger partial charge in [-0.1, -0.05) is 39.1 Å². The topological polar surface area (TPSA) is 72.2 Å². The maximum absolute atomic E-state index is 12.3. The summed E-state index contributed by atoms with van der Waals surface area (Å²) in [6.07, 6.45) is 0. The van der Waals surface area contributed by atoms with Crippen molar-refractivity contribution < 1.29 is 8.42 Å². The summed E-state index contributed by atoms with van der Waals surface area (Å²) in [7, 11) is -3.82. The van der Waals surface area contributed by atoms with E-state index in [0.29, 0.717) is 9.50 Å². The number of nitrogens with two attached hydrogens (primary N) is 1. The quantitative estimate of drug-likeness (QED) is 0.767. The molecule has 0 aliphatic heterocycles. The van der Waals surface area contributed by atoms with E-state index in [1.165, 1.54) is 30.3 Å². The first kappa shape index (κ1) is 15.4. The maximum Gasteiger partial charge on any atom is 0.263 e. The highest BCUT2D eigenvalue weighted by atomic mass is 79.9. The number of benzene rings is 2. The molecule has 0 saturated heterocycles. The third kappa shape index (κ3) is 3.38. The fourth-order valence-corrected chi connectivity index (χ4v) is 3.62. The van der Waals surface area contributed by atoms with Crippen molar-refractivity contribution in [1.29, 1.82) is 0 Å². The molecule has 20 heavy (non-hydrogen) atoms. The Hall–Kier alpha value is -0.950. The van der Waals surface area contributed by atoms with E-state index in [1.807, 2.05) is 0 Å². The molecule has 3 N–H and O–H groups in total. The van der Waals surface area contributed by atoms with Crippen LogP contribution < -0.4 is 10.5 Å². The second-order valence-corrected chi connectivity index (χ2v) is 7.32. The molecule has 0 spiro atoms. The van der Waals surface area contributed by atoms with Gasteiger partial charge in [-0.25, -0.2) is 8.42 Å². The van der Waals surface area contributed by atoms with Gasteiger partial charge in [0.05, 0.1) is 16.4 Å². The van der Waals surface area contributed by atoms with Gasteiger partial charge in [0.1, 0.15) is 4.90 Å². The van der Waals surface area contributed by atoms with Gasteiger partial charge in [0.15, 0.2) is 0 Å². The molecule has 0 saturated carbocycles. The molecule has 0 radical (unpaired) electrons. The van der Waals surface area contributed by atoms with E-state index in [9.17, 15) is 8.42 Å². The van der Waals surface area contributed by atoms with Crippen molar-refractivity contribution in [1.82, 2.24) is 0 Å². The van der Waals surface area contributed by atoms with Crippen molar-refractivity contribution in [3.63, 3.8) is 0 Å². The van der Waals surface area contributed by atoms with E-state index < -0.39 is 10.0 Å². The number of hydrogen-bond donors (Lipinski definition) is 2. The normalized spacial score (nSPS) is 11.3. The van der Waals surface area contributed by atoms with Crippen LogP contribution in [0.5, 0.6) is 0 Å². The Morgan fingerprint density at radius 3 is 2.40 bits per heavy atom. The van der Waals surface area contributed by atoms with Crippen LogP contribution in [0.3, 0.4) is 0 Å². The van der Waals surface area contributed by atoms with Gasteiger partial charge in [-0.15, -0.1) is 0 Å². The van der Waals surface area contributed by atoms with Crippen LogP contribution in [0.15, 0.2) is 45.8 Å². The summed E-state index contributed by atoms with van der Waals surface area (Å²) < 4.78 is 27.6.